The molecule has 0 saturated heterocycles. The van der Waals surface area contributed by atoms with E-state index in [2.05, 4.69) is 41.8 Å². The van der Waals surface area contributed by atoms with Crippen LogP contribution in [0.1, 0.15) is 116 Å². The van der Waals surface area contributed by atoms with Crippen molar-refractivity contribution < 1.29 is 15.3 Å². The van der Waals surface area contributed by atoms with E-state index in [1.165, 1.54) is 89.9 Å². The monoisotopic (exact) mass is 468 g/mol. The van der Waals surface area contributed by atoms with Crippen molar-refractivity contribution in [2.24, 2.45) is 0 Å². The van der Waals surface area contributed by atoms with E-state index in [9.17, 15) is 10.2 Å². The molecule has 0 fully saturated rings. The summed E-state index contributed by atoms with van der Waals surface area (Å²) >= 11 is 0. The molecule has 0 radical (unpaired) electrons. The molecule has 190 valence electrons. The molecule has 0 bridgehead atoms. The van der Waals surface area contributed by atoms with Crippen LogP contribution in [0.2, 0.25) is 0 Å². The molecule has 0 rings (SSSR count). The molecule has 0 aromatic heterocycles. The number of allylic oxidation sites excluding steroid dienone is 3. The Morgan fingerprint density at radius 2 is 1.09 bits per heavy atom. The van der Waals surface area contributed by atoms with Gasteiger partial charge in [0.1, 0.15) is 18.8 Å². The third-order valence-corrected chi connectivity index (χ3v) is 5.71. The van der Waals surface area contributed by atoms with Crippen LogP contribution in [0.25, 0.3) is 0 Å². The van der Waals surface area contributed by atoms with Crippen LogP contribution < -0.4 is 0 Å². The molecule has 0 aliphatic rings. The van der Waals surface area contributed by atoms with E-state index in [-0.39, 0.29) is 6.61 Å². The van der Waals surface area contributed by atoms with E-state index in [0.717, 1.165) is 19.3 Å². The SMILES string of the molecule is C#CC(O)C=CCCCCCCCCCCC=CCCCCCCCCC(O)C#CC#CCO. The zero-order chi connectivity index (χ0) is 25.0. The quantitative estimate of drug-likeness (QED) is 0.103. The lowest BCUT2D eigenvalue weighted by atomic mass is 10.1. The lowest BCUT2D eigenvalue weighted by molar-refractivity contribution is 0.217. The van der Waals surface area contributed by atoms with Crippen LogP contribution in [0.5, 0.6) is 0 Å². The first-order valence-electron chi connectivity index (χ1n) is 13.4. The van der Waals surface area contributed by atoms with Gasteiger partial charge in [0, 0.05) is 0 Å². The minimum atomic E-state index is -0.727. The minimum Gasteiger partial charge on any atom is -0.384 e. The molecule has 0 spiro atoms. The number of terminal acetylenes is 1. The van der Waals surface area contributed by atoms with E-state index in [0.29, 0.717) is 6.42 Å². The van der Waals surface area contributed by atoms with Crippen LogP contribution in [-0.4, -0.2) is 34.1 Å². The highest BCUT2D eigenvalue weighted by Gasteiger charge is 1.98. The average Bonchev–Trinajstić information content (AvgIpc) is 2.84. The summed E-state index contributed by atoms with van der Waals surface area (Å²) in [7, 11) is 0. The molecule has 2 unspecified atom stereocenters. The Morgan fingerprint density at radius 1 is 0.618 bits per heavy atom. The van der Waals surface area contributed by atoms with Gasteiger partial charge in [0.25, 0.3) is 0 Å². The second-order valence-electron chi connectivity index (χ2n) is 8.86. The number of aliphatic hydroxyl groups excluding tert-OH is 3. The number of hydrogen-bond acceptors (Lipinski definition) is 3. The molecule has 0 heterocycles. The first kappa shape index (κ1) is 32.0. The van der Waals surface area contributed by atoms with Crippen LogP contribution >= 0.6 is 0 Å². The number of unbranched alkanes of at least 4 members (excludes halogenated alkanes) is 15. The molecule has 2 atom stereocenters. The maximum atomic E-state index is 9.70. The first-order valence-corrected chi connectivity index (χ1v) is 13.4. The van der Waals surface area contributed by atoms with Gasteiger partial charge >= 0.3 is 0 Å². The van der Waals surface area contributed by atoms with Crippen molar-refractivity contribution in [2.45, 2.75) is 128 Å². The second kappa shape index (κ2) is 27.3. The Balaban J connectivity index is 3.28. The average molecular weight is 469 g/mol. The molecule has 3 heteroatoms. The van der Waals surface area contributed by atoms with Gasteiger partial charge in [-0.25, -0.2) is 0 Å². The van der Waals surface area contributed by atoms with Gasteiger partial charge in [-0.2, -0.15) is 0 Å². The van der Waals surface area contributed by atoms with Crippen molar-refractivity contribution in [3.63, 3.8) is 0 Å². The van der Waals surface area contributed by atoms with Gasteiger partial charge in [0.2, 0.25) is 0 Å². The summed E-state index contributed by atoms with van der Waals surface area (Å²) in [6.07, 6.45) is 33.9. The molecule has 3 N–H and O–H groups in total. The zero-order valence-corrected chi connectivity index (χ0v) is 21.3. The molecular formula is C31H48O3. The molecular weight excluding hydrogens is 420 g/mol. The lowest BCUT2D eigenvalue weighted by Crippen LogP contribution is -2.01. The van der Waals surface area contributed by atoms with Crippen molar-refractivity contribution in [3.8, 4) is 36.0 Å². The highest BCUT2D eigenvalue weighted by atomic mass is 16.3. The van der Waals surface area contributed by atoms with Gasteiger partial charge in [0.15, 0.2) is 0 Å². The summed E-state index contributed by atoms with van der Waals surface area (Å²) in [5.74, 6) is 12.5. The fourth-order valence-corrected chi connectivity index (χ4v) is 3.68. The molecule has 0 aliphatic heterocycles. The Hall–Kier alpha value is -1.96. The Kier molecular flexibility index (Phi) is 25.7. The summed E-state index contributed by atoms with van der Waals surface area (Å²) in [6, 6.07) is 0. The smallest absolute Gasteiger partial charge is 0.133 e. The fraction of sp³-hybridized carbons (Fsp3) is 0.677. The van der Waals surface area contributed by atoms with Gasteiger partial charge in [-0.3, -0.25) is 0 Å². The molecule has 0 aliphatic carbocycles. The van der Waals surface area contributed by atoms with E-state index >= 15 is 0 Å². The van der Waals surface area contributed by atoms with Crippen molar-refractivity contribution in [3.05, 3.63) is 24.3 Å². The van der Waals surface area contributed by atoms with Crippen LogP contribution in [0.4, 0.5) is 0 Å². The van der Waals surface area contributed by atoms with Gasteiger partial charge in [-0.15, -0.1) is 6.42 Å². The van der Waals surface area contributed by atoms with Crippen LogP contribution in [0.3, 0.4) is 0 Å². The highest BCUT2D eigenvalue weighted by molar-refractivity contribution is 5.27. The van der Waals surface area contributed by atoms with E-state index in [4.69, 9.17) is 11.5 Å². The van der Waals surface area contributed by atoms with Crippen molar-refractivity contribution in [1.29, 1.82) is 0 Å². The summed E-state index contributed by atoms with van der Waals surface area (Å²) in [4.78, 5) is 0. The number of aliphatic hydroxyl groups is 3. The van der Waals surface area contributed by atoms with Crippen LogP contribution in [0, 0.1) is 36.0 Å². The summed E-state index contributed by atoms with van der Waals surface area (Å²) in [6.45, 7) is -0.190. The maximum absolute atomic E-state index is 9.70. The predicted molar refractivity (Wildman–Crippen MR) is 145 cm³/mol. The topological polar surface area (TPSA) is 60.7 Å². The second-order valence-corrected chi connectivity index (χ2v) is 8.86. The lowest BCUT2D eigenvalue weighted by Gasteiger charge is -2.03. The fourth-order valence-electron chi connectivity index (χ4n) is 3.68. The normalized spacial score (nSPS) is 12.6. The third kappa shape index (κ3) is 26.3. The molecule has 3 nitrogen and oxygen atoms in total. The maximum Gasteiger partial charge on any atom is 0.133 e. The predicted octanol–water partition coefficient (Wildman–Crippen LogP) is 6.47. The zero-order valence-electron chi connectivity index (χ0n) is 21.3. The van der Waals surface area contributed by atoms with Gasteiger partial charge < -0.3 is 15.3 Å². The van der Waals surface area contributed by atoms with E-state index < -0.39 is 12.2 Å². The summed E-state index contributed by atoms with van der Waals surface area (Å²) in [5, 5.41) is 27.4. The van der Waals surface area contributed by atoms with E-state index in [1.807, 2.05) is 6.08 Å². The summed E-state index contributed by atoms with van der Waals surface area (Å²) < 4.78 is 0. The Bertz CT molecular complexity index is 663. The van der Waals surface area contributed by atoms with Crippen molar-refractivity contribution >= 4 is 0 Å². The Labute approximate surface area is 210 Å². The standard InChI is InChI=1S/C31H48O3/c1-2-30(33)26-22-19-17-15-13-11-9-7-5-3-4-6-8-10-12-14-16-18-20-23-27-31(34)28-24-21-25-29-32/h1,6,8,22,26,30-34H,3-5,7,9-20,23,27,29H2. The van der Waals surface area contributed by atoms with Gasteiger partial charge in [0.05, 0.1) is 0 Å². The van der Waals surface area contributed by atoms with Crippen LogP contribution in [-0.2, 0) is 0 Å². The Morgan fingerprint density at radius 3 is 1.59 bits per heavy atom. The number of rotatable bonds is 21. The minimum absolute atomic E-state index is 0.190. The van der Waals surface area contributed by atoms with Crippen molar-refractivity contribution in [1.82, 2.24) is 0 Å². The molecule has 0 amide bonds. The molecule has 0 aromatic carbocycles. The van der Waals surface area contributed by atoms with Gasteiger partial charge in [-0.05, 0) is 69.3 Å². The van der Waals surface area contributed by atoms with Crippen molar-refractivity contribution in [2.75, 3.05) is 6.61 Å². The largest absolute Gasteiger partial charge is 0.384 e. The highest BCUT2D eigenvalue weighted by Crippen LogP contribution is 2.12. The van der Waals surface area contributed by atoms with Gasteiger partial charge in [-0.1, -0.05) is 100 Å². The third-order valence-electron chi connectivity index (χ3n) is 5.71. The molecule has 34 heavy (non-hydrogen) atoms. The van der Waals surface area contributed by atoms with Crippen LogP contribution in [0.15, 0.2) is 24.3 Å². The number of hydrogen-bond donors (Lipinski definition) is 3. The molecule has 0 aromatic rings. The summed E-state index contributed by atoms with van der Waals surface area (Å²) in [5.41, 5.74) is 0. The van der Waals surface area contributed by atoms with E-state index in [1.54, 1.807) is 6.08 Å². The molecule has 0 saturated carbocycles. The first-order chi connectivity index (χ1) is 16.7.